The van der Waals surface area contributed by atoms with E-state index in [-0.39, 0.29) is 17.5 Å². The number of nitriles is 1. The monoisotopic (exact) mass is 482 g/mol. The van der Waals surface area contributed by atoms with Crippen LogP contribution in [0, 0.1) is 51.0 Å². The normalized spacial score (nSPS) is 12.9. The summed E-state index contributed by atoms with van der Waals surface area (Å²) in [4.78, 5) is 23.5. The van der Waals surface area contributed by atoms with Crippen molar-refractivity contribution in [3.63, 3.8) is 0 Å². The maximum absolute atomic E-state index is 13.1. The van der Waals surface area contributed by atoms with Gasteiger partial charge in [0.05, 0.1) is 10.8 Å². The summed E-state index contributed by atoms with van der Waals surface area (Å²) >= 11 is 0. The smallest absolute Gasteiger partial charge is 0.312 e. The molecule has 0 bridgehead atoms. The second kappa shape index (κ2) is 12.2. The van der Waals surface area contributed by atoms with E-state index in [1.807, 2.05) is 51.1 Å². The summed E-state index contributed by atoms with van der Waals surface area (Å²) in [6.45, 7) is 5.61. The molecule has 0 N–H and O–H groups in total. The summed E-state index contributed by atoms with van der Waals surface area (Å²) in [5.41, 5.74) is 1.10. The Balaban J connectivity index is 1.73. The quantitative estimate of drug-likeness (QED) is 0.158. The van der Waals surface area contributed by atoms with Gasteiger partial charge in [0.15, 0.2) is 0 Å². The van der Waals surface area contributed by atoms with Gasteiger partial charge in [0.25, 0.3) is 5.69 Å². The molecule has 3 aromatic rings. The Morgan fingerprint density at radius 2 is 1.61 bits per heavy atom. The van der Waals surface area contributed by atoms with Crippen molar-refractivity contribution in [1.29, 1.82) is 5.26 Å². The highest BCUT2D eigenvalue weighted by Gasteiger charge is 2.31. The summed E-state index contributed by atoms with van der Waals surface area (Å²) in [6, 6.07) is 24.1. The second-order valence-corrected chi connectivity index (χ2v) is 8.57. The van der Waals surface area contributed by atoms with Crippen molar-refractivity contribution >= 4 is 11.7 Å². The molecule has 0 aromatic heterocycles. The van der Waals surface area contributed by atoms with Crippen molar-refractivity contribution in [2.75, 3.05) is 0 Å². The van der Waals surface area contributed by atoms with Crippen LogP contribution >= 0.6 is 0 Å². The number of nitro groups is 1. The molecule has 0 heterocycles. The van der Waals surface area contributed by atoms with E-state index in [2.05, 4.69) is 17.9 Å². The number of nitrogens with zero attached hydrogens (tertiary/aromatic N) is 2. The molecule has 0 aliphatic heterocycles. The van der Waals surface area contributed by atoms with Crippen LogP contribution in [0.5, 0.6) is 11.5 Å². The van der Waals surface area contributed by atoms with Crippen molar-refractivity contribution in [3.05, 3.63) is 100 Å². The fraction of sp³-hybridized carbons (Fsp3) is 0.241. The fourth-order valence-corrected chi connectivity index (χ4v) is 3.74. The minimum Gasteiger partial charge on any atom is -0.457 e. The van der Waals surface area contributed by atoms with E-state index in [1.54, 1.807) is 36.4 Å². The molecule has 7 nitrogen and oxygen atoms in total. The predicted octanol–water partition coefficient (Wildman–Crippen LogP) is 6.45. The summed E-state index contributed by atoms with van der Waals surface area (Å²) < 4.78 is 11.5. The van der Waals surface area contributed by atoms with Gasteiger partial charge in [-0.15, -0.1) is 0 Å². The van der Waals surface area contributed by atoms with Gasteiger partial charge in [0.1, 0.15) is 17.6 Å². The average molecular weight is 483 g/mol. The first-order chi connectivity index (χ1) is 17.3. The van der Waals surface area contributed by atoms with Crippen LogP contribution in [0.3, 0.4) is 0 Å². The van der Waals surface area contributed by atoms with Crippen LogP contribution < -0.4 is 4.74 Å². The van der Waals surface area contributed by atoms with Gasteiger partial charge >= 0.3 is 5.97 Å². The number of para-hydroxylation sites is 1. The van der Waals surface area contributed by atoms with Crippen LogP contribution in [0.15, 0.2) is 78.9 Å². The lowest BCUT2D eigenvalue weighted by Gasteiger charge is -2.24. The van der Waals surface area contributed by atoms with Crippen molar-refractivity contribution in [1.82, 2.24) is 0 Å². The zero-order chi connectivity index (χ0) is 26.1. The van der Waals surface area contributed by atoms with Crippen molar-refractivity contribution < 1.29 is 19.2 Å². The summed E-state index contributed by atoms with van der Waals surface area (Å²) in [5, 5.41) is 20.6. The summed E-state index contributed by atoms with van der Waals surface area (Å²) in [7, 11) is 0. The predicted molar refractivity (Wildman–Crippen MR) is 135 cm³/mol. The Kier molecular flexibility index (Phi) is 8.80. The number of esters is 1. The Hall–Kier alpha value is -4.62. The number of nitro benzene ring substituents is 1. The molecule has 0 saturated carbocycles. The van der Waals surface area contributed by atoms with Crippen molar-refractivity contribution in [2.24, 2.45) is 17.8 Å². The van der Waals surface area contributed by atoms with E-state index >= 15 is 0 Å². The molecule has 0 aliphatic rings. The third-order valence-corrected chi connectivity index (χ3v) is 5.54. The zero-order valence-corrected chi connectivity index (χ0v) is 20.3. The molecule has 3 rings (SSSR count). The van der Waals surface area contributed by atoms with E-state index in [0.717, 1.165) is 0 Å². The minimum atomic E-state index is -1.10. The first-order valence-electron chi connectivity index (χ1n) is 11.5. The SMILES string of the molecule is CC(C)C(C(=O)OC(C#N)c1cccc(Oc2ccccc2)c1)C(C)C#Cc1ccc([N+](=O)[O-])cc1. The number of hydrogen-bond donors (Lipinski definition) is 0. The molecule has 3 atom stereocenters. The molecule has 0 amide bonds. The highest BCUT2D eigenvalue weighted by molar-refractivity contribution is 5.74. The molecule has 182 valence electrons. The number of rotatable bonds is 8. The lowest BCUT2D eigenvalue weighted by molar-refractivity contribution is -0.384. The Bertz CT molecular complexity index is 1300. The molecule has 0 saturated heterocycles. The van der Waals surface area contributed by atoms with Gasteiger partial charge in [0, 0.05) is 29.2 Å². The maximum atomic E-state index is 13.1. The topological polar surface area (TPSA) is 102 Å². The van der Waals surface area contributed by atoms with Gasteiger partial charge in [-0.1, -0.05) is 62.9 Å². The summed E-state index contributed by atoms with van der Waals surface area (Å²) in [6.07, 6.45) is -1.10. The van der Waals surface area contributed by atoms with Gasteiger partial charge < -0.3 is 9.47 Å². The molecule has 0 fully saturated rings. The zero-order valence-electron chi connectivity index (χ0n) is 20.3. The third-order valence-electron chi connectivity index (χ3n) is 5.54. The molecular weight excluding hydrogens is 456 g/mol. The molecule has 7 heteroatoms. The molecule has 0 radical (unpaired) electrons. The van der Waals surface area contributed by atoms with E-state index in [1.165, 1.54) is 12.1 Å². The molecule has 3 unspecified atom stereocenters. The van der Waals surface area contributed by atoms with Gasteiger partial charge in [-0.3, -0.25) is 14.9 Å². The Labute approximate surface area is 210 Å². The lowest BCUT2D eigenvalue weighted by Crippen LogP contribution is -2.29. The standard InChI is InChI=1S/C29H26N2O5/c1-20(2)28(21(3)12-13-22-14-16-24(17-15-22)31(33)34)29(32)36-27(19-30)23-8-7-11-26(18-23)35-25-9-5-4-6-10-25/h4-11,14-18,20-21,27-28H,1-3H3. The summed E-state index contributed by atoms with van der Waals surface area (Å²) in [5.74, 6) is 5.64. The molecule has 3 aromatic carbocycles. The van der Waals surface area contributed by atoms with Crippen molar-refractivity contribution in [3.8, 4) is 29.4 Å². The number of ether oxygens (including phenoxy) is 2. The van der Waals surface area contributed by atoms with Crippen LogP contribution in [-0.4, -0.2) is 10.9 Å². The number of hydrogen-bond acceptors (Lipinski definition) is 6. The largest absolute Gasteiger partial charge is 0.457 e. The van der Waals surface area contributed by atoms with Gasteiger partial charge in [-0.05, 0) is 42.3 Å². The van der Waals surface area contributed by atoms with Gasteiger partial charge in [0.2, 0.25) is 6.10 Å². The highest BCUT2D eigenvalue weighted by Crippen LogP contribution is 2.29. The van der Waals surface area contributed by atoms with Gasteiger partial charge in [-0.25, -0.2) is 0 Å². The van der Waals surface area contributed by atoms with Crippen LogP contribution in [0.4, 0.5) is 5.69 Å². The minimum absolute atomic E-state index is 0.0157. The lowest BCUT2D eigenvalue weighted by atomic mass is 9.84. The maximum Gasteiger partial charge on any atom is 0.312 e. The number of carbonyl (C=O) groups excluding carboxylic acids is 1. The third kappa shape index (κ3) is 6.94. The van der Waals surface area contributed by atoms with Crippen LogP contribution in [0.1, 0.15) is 38.0 Å². The average Bonchev–Trinajstić information content (AvgIpc) is 2.87. The van der Waals surface area contributed by atoms with E-state index in [0.29, 0.717) is 22.6 Å². The molecular formula is C29H26N2O5. The second-order valence-electron chi connectivity index (χ2n) is 8.57. The molecule has 0 spiro atoms. The van der Waals surface area contributed by atoms with Crippen LogP contribution in [0.2, 0.25) is 0 Å². The van der Waals surface area contributed by atoms with Crippen molar-refractivity contribution in [2.45, 2.75) is 26.9 Å². The number of non-ortho nitro benzene ring substituents is 1. The Morgan fingerprint density at radius 1 is 0.944 bits per heavy atom. The first kappa shape index (κ1) is 26.0. The van der Waals surface area contributed by atoms with E-state index in [4.69, 9.17) is 9.47 Å². The number of benzene rings is 3. The number of carbonyl (C=O) groups is 1. The van der Waals surface area contributed by atoms with Gasteiger partial charge in [-0.2, -0.15) is 5.26 Å². The first-order valence-corrected chi connectivity index (χ1v) is 11.5. The molecule has 36 heavy (non-hydrogen) atoms. The highest BCUT2D eigenvalue weighted by atomic mass is 16.6. The van der Waals surface area contributed by atoms with E-state index in [9.17, 15) is 20.2 Å². The Morgan fingerprint density at radius 3 is 2.22 bits per heavy atom. The van der Waals surface area contributed by atoms with E-state index < -0.39 is 22.9 Å². The van der Waals surface area contributed by atoms with Crippen LogP contribution in [-0.2, 0) is 9.53 Å². The fourth-order valence-electron chi connectivity index (χ4n) is 3.74. The van der Waals surface area contributed by atoms with Crippen LogP contribution in [0.25, 0.3) is 0 Å². The molecule has 0 aliphatic carbocycles.